The fraction of sp³-hybridized carbons (Fsp3) is 0.522. The molecule has 0 spiro atoms. The summed E-state index contributed by atoms with van der Waals surface area (Å²) in [6, 6.07) is 8.26. The summed E-state index contributed by atoms with van der Waals surface area (Å²) in [4.78, 5) is 39.2. The van der Waals surface area contributed by atoms with Gasteiger partial charge in [0.15, 0.2) is 0 Å². The minimum atomic E-state index is -0.448. The van der Waals surface area contributed by atoms with Crippen LogP contribution < -0.4 is 5.32 Å². The SMILES string of the molecule is CC[C@]1(C(=O)NCCN(C)C)C[C@H]2CC[C@@H]1N2C(=O)c1csc2ccccc12.O=CO. The Labute approximate surface area is 187 Å². The van der Waals surface area contributed by atoms with Crippen molar-refractivity contribution in [2.75, 3.05) is 27.2 Å². The van der Waals surface area contributed by atoms with E-state index in [0.717, 1.165) is 47.9 Å². The van der Waals surface area contributed by atoms with Gasteiger partial charge in [0.05, 0.1) is 11.0 Å². The Balaban J connectivity index is 0.000000858. The fourth-order valence-corrected chi connectivity index (χ4v) is 6.06. The Bertz CT molecular complexity index is 944. The van der Waals surface area contributed by atoms with Crippen LogP contribution in [0.2, 0.25) is 0 Å². The first kappa shape index (κ1) is 23.2. The maximum absolute atomic E-state index is 13.5. The summed E-state index contributed by atoms with van der Waals surface area (Å²) in [5, 5.41) is 13.0. The molecule has 2 amide bonds. The molecule has 0 aliphatic carbocycles. The molecule has 1 aromatic carbocycles. The number of thiophene rings is 1. The minimum Gasteiger partial charge on any atom is -0.483 e. The number of hydrogen-bond donors (Lipinski definition) is 2. The van der Waals surface area contributed by atoms with Gasteiger partial charge in [-0.05, 0) is 45.8 Å². The quantitative estimate of drug-likeness (QED) is 0.667. The molecule has 2 saturated heterocycles. The van der Waals surface area contributed by atoms with E-state index >= 15 is 0 Å². The largest absolute Gasteiger partial charge is 0.483 e. The van der Waals surface area contributed by atoms with Crippen molar-refractivity contribution in [2.45, 2.75) is 44.7 Å². The van der Waals surface area contributed by atoms with Crippen molar-refractivity contribution >= 4 is 39.7 Å². The molecular weight excluding hydrogens is 414 g/mol. The van der Waals surface area contributed by atoms with Crippen LogP contribution in [0.4, 0.5) is 0 Å². The van der Waals surface area contributed by atoms with E-state index in [4.69, 9.17) is 9.90 Å². The van der Waals surface area contributed by atoms with Crippen molar-refractivity contribution in [1.29, 1.82) is 0 Å². The van der Waals surface area contributed by atoms with E-state index in [-0.39, 0.29) is 30.4 Å². The molecule has 2 fully saturated rings. The molecule has 7 nitrogen and oxygen atoms in total. The third-order valence-corrected chi connectivity index (χ3v) is 7.58. The zero-order chi connectivity index (χ0) is 22.6. The van der Waals surface area contributed by atoms with Gasteiger partial charge in [-0.15, -0.1) is 11.3 Å². The lowest BCUT2D eigenvalue weighted by molar-refractivity contribution is -0.133. The minimum absolute atomic E-state index is 0.00742. The maximum Gasteiger partial charge on any atom is 0.290 e. The van der Waals surface area contributed by atoms with Gasteiger partial charge in [0.25, 0.3) is 12.4 Å². The van der Waals surface area contributed by atoms with E-state index in [1.807, 2.05) is 42.6 Å². The van der Waals surface area contributed by atoms with Crippen LogP contribution in [0, 0.1) is 5.41 Å². The van der Waals surface area contributed by atoms with Gasteiger partial charge < -0.3 is 20.2 Å². The van der Waals surface area contributed by atoms with Gasteiger partial charge >= 0.3 is 0 Å². The first-order valence-electron chi connectivity index (χ1n) is 10.7. The van der Waals surface area contributed by atoms with Gasteiger partial charge in [-0.25, -0.2) is 0 Å². The average molecular weight is 446 g/mol. The van der Waals surface area contributed by atoms with Gasteiger partial charge in [0.1, 0.15) is 0 Å². The van der Waals surface area contributed by atoms with Crippen LogP contribution in [0.15, 0.2) is 29.6 Å². The molecular formula is C23H31N3O4S. The van der Waals surface area contributed by atoms with Crippen molar-refractivity contribution in [3.05, 3.63) is 35.2 Å². The van der Waals surface area contributed by atoms with Gasteiger partial charge in [-0.3, -0.25) is 14.4 Å². The lowest BCUT2D eigenvalue weighted by Crippen LogP contribution is -2.50. The van der Waals surface area contributed by atoms with Crippen LogP contribution >= 0.6 is 11.3 Å². The summed E-state index contributed by atoms with van der Waals surface area (Å²) < 4.78 is 1.14. The first-order chi connectivity index (χ1) is 14.9. The number of hydrogen-bond acceptors (Lipinski definition) is 5. The second-order valence-corrected chi connectivity index (χ2v) is 9.39. The molecule has 1 aromatic heterocycles. The molecule has 2 aromatic rings. The van der Waals surface area contributed by atoms with Crippen molar-refractivity contribution in [2.24, 2.45) is 5.41 Å². The number of carbonyl (C=O) groups excluding carboxylic acids is 2. The fourth-order valence-electron chi connectivity index (χ4n) is 5.13. The predicted octanol–water partition coefficient (Wildman–Crippen LogP) is 3.05. The van der Waals surface area contributed by atoms with E-state index in [2.05, 4.69) is 23.2 Å². The number of nitrogens with zero attached hydrogens (tertiary/aromatic N) is 2. The van der Waals surface area contributed by atoms with Crippen LogP contribution in [0.5, 0.6) is 0 Å². The third kappa shape index (κ3) is 4.32. The summed E-state index contributed by atoms with van der Waals surface area (Å²) in [6.07, 6.45) is 3.49. The van der Waals surface area contributed by atoms with E-state index in [1.54, 1.807) is 11.3 Å². The second-order valence-electron chi connectivity index (χ2n) is 8.48. The molecule has 168 valence electrons. The van der Waals surface area contributed by atoms with E-state index in [9.17, 15) is 9.59 Å². The summed E-state index contributed by atoms with van der Waals surface area (Å²) in [7, 11) is 4.01. The lowest BCUT2D eigenvalue weighted by atomic mass is 9.71. The Kier molecular flexibility index (Phi) is 7.33. The highest BCUT2D eigenvalue weighted by Crippen LogP contribution is 2.52. The number of fused-ring (bicyclic) bond motifs is 3. The number of benzene rings is 1. The van der Waals surface area contributed by atoms with Crippen molar-refractivity contribution in [3.63, 3.8) is 0 Å². The lowest BCUT2D eigenvalue weighted by Gasteiger charge is -2.35. The van der Waals surface area contributed by atoms with Crippen LogP contribution in [0.3, 0.4) is 0 Å². The normalized spacial score (nSPS) is 24.2. The first-order valence-corrected chi connectivity index (χ1v) is 11.6. The molecule has 0 unspecified atom stereocenters. The Morgan fingerprint density at radius 2 is 2.03 bits per heavy atom. The smallest absolute Gasteiger partial charge is 0.290 e. The number of likely N-dealkylation sites (N-methyl/N-ethyl adjacent to an activating group) is 1. The third-order valence-electron chi connectivity index (χ3n) is 6.61. The van der Waals surface area contributed by atoms with E-state index in [1.165, 1.54) is 0 Å². The highest BCUT2D eigenvalue weighted by molar-refractivity contribution is 7.17. The summed E-state index contributed by atoms with van der Waals surface area (Å²) in [6.45, 7) is 3.31. The summed E-state index contributed by atoms with van der Waals surface area (Å²) in [5.41, 5.74) is 0.342. The Morgan fingerprint density at radius 1 is 1.32 bits per heavy atom. The van der Waals surface area contributed by atoms with E-state index < -0.39 is 5.41 Å². The molecule has 8 heteroatoms. The van der Waals surface area contributed by atoms with Crippen molar-refractivity contribution in [1.82, 2.24) is 15.1 Å². The van der Waals surface area contributed by atoms with Crippen LogP contribution in [0.25, 0.3) is 10.1 Å². The molecule has 31 heavy (non-hydrogen) atoms. The van der Waals surface area contributed by atoms with Crippen LogP contribution in [0.1, 0.15) is 43.0 Å². The molecule has 4 rings (SSSR count). The predicted molar refractivity (Wildman–Crippen MR) is 122 cm³/mol. The molecule has 0 saturated carbocycles. The van der Waals surface area contributed by atoms with Gasteiger partial charge in [-0.2, -0.15) is 0 Å². The molecule has 3 atom stereocenters. The van der Waals surface area contributed by atoms with Crippen LogP contribution in [-0.2, 0) is 9.59 Å². The average Bonchev–Trinajstić information content (AvgIpc) is 3.45. The number of amides is 2. The van der Waals surface area contributed by atoms with Crippen LogP contribution in [-0.4, -0.2) is 72.5 Å². The molecule has 2 bridgehead atoms. The standard InChI is InChI=1S/C22H29N3O2S.CH2O2/c1-4-22(21(27)23-11-12-24(2)3)13-15-9-10-19(22)25(15)20(26)17-14-28-18-8-6-5-7-16(17)18;2-1-3/h5-8,14-15,19H,4,9-13H2,1-3H3,(H,23,27);1H,(H,2,3)/t15-,19+,22+;/m1./s1. The topological polar surface area (TPSA) is 90.0 Å². The zero-order valence-corrected chi connectivity index (χ0v) is 19.2. The van der Waals surface area contributed by atoms with Gasteiger partial charge in [0.2, 0.25) is 5.91 Å². The zero-order valence-electron chi connectivity index (χ0n) is 18.3. The molecule has 3 heterocycles. The molecule has 2 aliphatic heterocycles. The Morgan fingerprint density at radius 3 is 2.71 bits per heavy atom. The van der Waals surface area contributed by atoms with Crippen molar-refractivity contribution in [3.8, 4) is 0 Å². The molecule has 0 radical (unpaired) electrons. The number of carbonyl (C=O) groups is 3. The number of rotatable bonds is 6. The number of nitrogens with one attached hydrogen (secondary N) is 1. The second kappa shape index (κ2) is 9.78. The molecule has 2 N–H and O–H groups in total. The number of carboxylic acid groups (broad SMARTS) is 1. The Hall–Kier alpha value is -2.45. The monoisotopic (exact) mass is 445 g/mol. The summed E-state index contributed by atoms with van der Waals surface area (Å²) >= 11 is 1.62. The van der Waals surface area contributed by atoms with Gasteiger partial charge in [0, 0.05) is 40.6 Å². The summed E-state index contributed by atoms with van der Waals surface area (Å²) in [5.74, 6) is 0.221. The highest BCUT2D eigenvalue weighted by Gasteiger charge is 2.60. The highest BCUT2D eigenvalue weighted by atomic mass is 32.1. The molecule has 2 aliphatic rings. The maximum atomic E-state index is 13.5. The van der Waals surface area contributed by atoms with E-state index in [0.29, 0.717) is 6.54 Å². The van der Waals surface area contributed by atoms with Crippen molar-refractivity contribution < 1.29 is 19.5 Å². The van der Waals surface area contributed by atoms with Gasteiger partial charge in [-0.1, -0.05) is 25.1 Å².